The van der Waals surface area contributed by atoms with Crippen LogP contribution in [0.2, 0.25) is 0 Å². The van der Waals surface area contributed by atoms with Crippen molar-refractivity contribution in [3.05, 3.63) is 47.2 Å². The van der Waals surface area contributed by atoms with E-state index in [1.54, 1.807) is 6.07 Å². The van der Waals surface area contributed by atoms with Crippen molar-refractivity contribution >= 4 is 70.8 Å². The number of likely N-dealkylation sites (tertiary alicyclic amines) is 1. The molecule has 0 saturated carbocycles. The monoisotopic (exact) mass is 1120 g/mol. The largest absolute Gasteiger partial charge is 0.477 e. The van der Waals surface area contributed by atoms with Crippen molar-refractivity contribution in [3.8, 4) is 0 Å². The van der Waals surface area contributed by atoms with Gasteiger partial charge in [0.1, 0.15) is 41.6 Å². The summed E-state index contributed by atoms with van der Waals surface area (Å²) in [5.74, 6) is -10.3. The minimum Gasteiger partial charge on any atom is -0.477 e. The van der Waals surface area contributed by atoms with Crippen LogP contribution in [0.4, 0.5) is 0 Å². The third-order valence-corrected chi connectivity index (χ3v) is 12.2. The highest BCUT2D eigenvalue weighted by Crippen LogP contribution is 2.20. The molecule has 0 unspecified atom stereocenters. The quantitative estimate of drug-likeness (QED) is 0.0128. The highest BCUT2D eigenvalue weighted by molar-refractivity contribution is 6.40. The first kappa shape index (κ1) is 67.6. The number of nitrogens with zero attached hydrogens (tertiary/aromatic N) is 3. The Morgan fingerprint density at radius 1 is 0.734 bits per heavy atom. The molecule has 1 aromatic carbocycles. The molecule has 31 heteroatoms. The third kappa shape index (κ3) is 23.5. The Morgan fingerprint density at radius 3 is 1.95 bits per heavy atom. The number of carboxylic acid groups (broad SMARTS) is 1. The van der Waals surface area contributed by atoms with Gasteiger partial charge in [0, 0.05) is 38.2 Å². The van der Waals surface area contributed by atoms with Gasteiger partial charge < -0.3 is 104 Å². The van der Waals surface area contributed by atoms with Crippen molar-refractivity contribution in [3.63, 3.8) is 0 Å². The molecule has 9 amide bonds. The fourth-order valence-electron chi connectivity index (χ4n) is 7.89. The van der Waals surface area contributed by atoms with Crippen molar-refractivity contribution < 1.29 is 63.3 Å². The lowest BCUT2D eigenvalue weighted by Crippen LogP contribution is -2.63. The third-order valence-electron chi connectivity index (χ3n) is 12.2. The van der Waals surface area contributed by atoms with Crippen LogP contribution in [0.15, 0.2) is 46.0 Å². The predicted molar refractivity (Wildman–Crippen MR) is 288 cm³/mol. The van der Waals surface area contributed by atoms with E-state index in [1.807, 2.05) is 0 Å². The molecule has 27 N–H and O–H groups in total. The smallest absolute Gasteiger partial charge is 0.352 e. The Kier molecular flexibility index (Phi) is 30.6. The number of aliphatic hydroxyl groups is 2. The second kappa shape index (κ2) is 35.8. The molecule has 0 radical (unpaired) electrons. The molecule has 2 rings (SSSR count). The van der Waals surface area contributed by atoms with E-state index in [-0.39, 0.29) is 94.8 Å². The summed E-state index contributed by atoms with van der Waals surface area (Å²) < 4.78 is 0. The fraction of sp³-hybridized carbons (Fsp3) is 0.583. The molecule has 31 nitrogen and oxygen atoms in total. The highest BCUT2D eigenvalue weighted by Gasteiger charge is 2.39. The van der Waals surface area contributed by atoms with Crippen molar-refractivity contribution in [1.29, 1.82) is 0 Å². The summed E-state index contributed by atoms with van der Waals surface area (Å²) in [6.07, 6.45) is -0.282. The van der Waals surface area contributed by atoms with Gasteiger partial charge in [-0.1, -0.05) is 24.6 Å². The van der Waals surface area contributed by atoms with Crippen LogP contribution in [0.5, 0.6) is 0 Å². The zero-order valence-corrected chi connectivity index (χ0v) is 44.1. The Bertz CT molecular complexity index is 2350. The summed E-state index contributed by atoms with van der Waals surface area (Å²) in [5.41, 5.74) is 49.8. The molecule has 440 valence electrons. The second-order valence-corrected chi connectivity index (χ2v) is 18.4. The molecule has 8 atom stereocenters. The van der Waals surface area contributed by atoms with Crippen LogP contribution >= 0.6 is 0 Å². The number of aliphatic imine (C=N–C) groups is 2. The Labute approximate surface area is 456 Å². The van der Waals surface area contributed by atoms with E-state index in [1.165, 1.54) is 24.3 Å². The van der Waals surface area contributed by atoms with Crippen LogP contribution in [-0.4, -0.2) is 192 Å². The molecule has 0 aliphatic carbocycles. The molecule has 79 heavy (non-hydrogen) atoms. The molecule has 1 aliphatic rings. The van der Waals surface area contributed by atoms with E-state index in [4.69, 9.17) is 51.6 Å². The lowest BCUT2D eigenvalue weighted by molar-refractivity contribution is -0.137. The lowest BCUT2D eigenvalue weighted by Gasteiger charge is -2.28. The topological polar surface area (TPSA) is 566 Å². The SMILES string of the molecule is NCCCC[C@H](NC(=O)[C@H](Cc1cccc(C(N)=O)c1)NC(=O)[C@@H]1CCCN1C(=O)C(CCCN)=NC(=O)CNC(=O)[C@@H](NC(=O)[C@@H](NC(=O)[C@@H](N)CCCCN)[C@@H](O)CN)[C@@H](O)CN)C(=O)N/C(=C\CCN=C(N)N)C(=O)O. The summed E-state index contributed by atoms with van der Waals surface area (Å²) in [6.45, 7) is -1.41. The Morgan fingerprint density at radius 2 is 1.35 bits per heavy atom. The molecule has 1 aromatic rings. The summed E-state index contributed by atoms with van der Waals surface area (Å²) in [6, 6.07) is -2.98. The van der Waals surface area contributed by atoms with Gasteiger partial charge in [0.25, 0.3) is 11.8 Å². The van der Waals surface area contributed by atoms with Gasteiger partial charge in [-0.25, -0.2) is 9.79 Å². The van der Waals surface area contributed by atoms with Crippen LogP contribution in [-0.2, 0) is 49.6 Å². The minimum absolute atomic E-state index is 0.00443. The van der Waals surface area contributed by atoms with Gasteiger partial charge in [0.2, 0.25) is 41.4 Å². The van der Waals surface area contributed by atoms with Gasteiger partial charge >= 0.3 is 5.97 Å². The molecule has 1 fully saturated rings. The molecule has 1 aliphatic heterocycles. The zero-order valence-electron chi connectivity index (χ0n) is 44.1. The number of aliphatic hydroxyl groups excluding tert-OH is 2. The van der Waals surface area contributed by atoms with Crippen LogP contribution in [0, 0.1) is 0 Å². The normalized spacial score (nSPS) is 16.2. The number of benzene rings is 1. The van der Waals surface area contributed by atoms with Crippen LogP contribution in [0.3, 0.4) is 0 Å². The lowest BCUT2D eigenvalue weighted by atomic mass is 10.0. The van der Waals surface area contributed by atoms with E-state index in [0.29, 0.717) is 37.8 Å². The van der Waals surface area contributed by atoms with Crippen LogP contribution in [0.1, 0.15) is 86.6 Å². The number of unbranched alkanes of at least 4 members (excludes halogenated alkanes) is 2. The average molecular weight is 1120 g/mol. The molecule has 0 aromatic heterocycles. The number of amides is 9. The molecule has 1 saturated heterocycles. The molecule has 0 bridgehead atoms. The number of nitrogens with two attached hydrogens (primary N) is 9. The Hall–Kier alpha value is -7.52. The minimum atomic E-state index is -1.86. The summed E-state index contributed by atoms with van der Waals surface area (Å²) in [5, 5.41) is 45.3. The van der Waals surface area contributed by atoms with Gasteiger partial charge in [-0.15, -0.1) is 0 Å². The second-order valence-electron chi connectivity index (χ2n) is 18.4. The van der Waals surface area contributed by atoms with E-state index >= 15 is 0 Å². The number of aliphatic carboxylic acids is 1. The van der Waals surface area contributed by atoms with Crippen LogP contribution < -0.4 is 83.5 Å². The average Bonchev–Trinajstić information content (AvgIpc) is 3.96. The summed E-state index contributed by atoms with van der Waals surface area (Å²) >= 11 is 0. The fourth-order valence-corrected chi connectivity index (χ4v) is 7.89. The van der Waals surface area contributed by atoms with Gasteiger partial charge in [0.15, 0.2) is 5.96 Å². The number of guanidine groups is 1. The van der Waals surface area contributed by atoms with Crippen molar-refractivity contribution in [2.75, 3.05) is 52.4 Å². The van der Waals surface area contributed by atoms with Gasteiger partial charge in [-0.2, -0.15) is 0 Å². The maximum absolute atomic E-state index is 14.3. The Balaban J connectivity index is 2.42. The summed E-state index contributed by atoms with van der Waals surface area (Å²) in [4.78, 5) is 143. The molecular weight excluding hydrogens is 1040 g/mol. The number of carbonyl (C=O) groups excluding carboxylic acids is 9. The van der Waals surface area contributed by atoms with Crippen molar-refractivity contribution in [2.45, 2.75) is 126 Å². The molecule has 0 spiro atoms. The molecular formula is C48H80N18O13. The number of hydrogen-bond acceptors (Lipinski definition) is 19. The first-order chi connectivity index (χ1) is 37.5. The van der Waals surface area contributed by atoms with Gasteiger partial charge in [-0.3, -0.25) is 48.1 Å². The maximum atomic E-state index is 14.3. The van der Waals surface area contributed by atoms with E-state index in [2.05, 4.69) is 41.9 Å². The maximum Gasteiger partial charge on any atom is 0.352 e. The number of carbonyl (C=O) groups is 10. The zero-order chi connectivity index (χ0) is 59.2. The number of primary amides is 1. The number of rotatable bonds is 36. The number of hydrogen-bond donors (Lipinski definition) is 18. The number of carboxylic acids is 1. The standard InChI is InChI=1S/C48H80N18O13/c49-16-3-1-11-28(54)40(71)64-38(35(68)24-53)45(76)65-37(34(67)23-52)44(75)59-25-36(69)60-30(13-6-18-51)46(77)66-20-8-15-33(66)43(74)63-32(22-26-9-5-10-27(21-26)39(55)70)42(73)61-29(12-2-4-17-50)41(72)62-31(47(78)79)14-7-19-58-48(56)57/h5,9-10,14,21,28-29,32-35,37-38,67-68H,1-4,6-8,11-13,15-20,22-25,49-54H2,(H2,55,70)(H,59,75)(H,61,73)(H,62,72)(H,63,74)(H,64,71)(H,65,76)(H,78,79)(H4,56,57,58)/b31-14-,60-30?/t28-,29-,32-,33-,34-,35-,37-,38-/m0/s1. The van der Waals surface area contributed by atoms with Gasteiger partial charge in [0.05, 0.1) is 24.8 Å². The van der Waals surface area contributed by atoms with E-state index < -0.39 is 133 Å². The molecule has 1 heterocycles. The van der Waals surface area contributed by atoms with Crippen molar-refractivity contribution in [2.24, 2.45) is 61.6 Å². The van der Waals surface area contributed by atoms with E-state index in [9.17, 15) is 63.3 Å². The van der Waals surface area contributed by atoms with Crippen LogP contribution in [0.25, 0.3) is 0 Å². The summed E-state index contributed by atoms with van der Waals surface area (Å²) in [7, 11) is 0. The highest BCUT2D eigenvalue weighted by atomic mass is 16.4. The number of nitrogens with one attached hydrogen (secondary N) is 6. The van der Waals surface area contributed by atoms with Gasteiger partial charge in [-0.05, 0) is 102 Å². The first-order valence-electron chi connectivity index (χ1n) is 25.7. The first-order valence-corrected chi connectivity index (χ1v) is 25.7. The van der Waals surface area contributed by atoms with Crippen molar-refractivity contribution in [1.82, 2.24) is 36.8 Å². The van der Waals surface area contributed by atoms with E-state index in [0.717, 1.165) is 4.90 Å². The predicted octanol–water partition coefficient (Wildman–Crippen LogP) is -7.95.